The molecule has 4 aromatic heterocycles. The molecule has 10 heteroatoms. The molecule has 0 aliphatic carbocycles. The SMILES string of the molecule is Cn1c(CNc2cccc(C(=O)NCc3ccc4nccn4c3)c2)nnc1-c1ccncn1. The first kappa shape index (κ1) is 20.3. The highest BCUT2D eigenvalue weighted by Gasteiger charge is 2.12. The van der Waals surface area contributed by atoms with Crippen LogP contribution in [0.2, 0.25) is 0 Å². The average Bonchev–Trinajstić information content (AvgIpc) is 3.48. The first-order valence-electron chi connectivity index (χ1n) is 10.4. The number of rotatable bonds is 7. The van der Waals surface area contributed by atoms with Gasteiger partial charge in [0.1, 0.15) is 17.7 Å². The Morgan fingerprint density at radius 3 is 2.85 bits per heavy atom. The molecule has 0 fully saturated rings. The van der Waals surface area contributed by atoms with Gasteiger partial charge in [-0.15, -0.1) is 10.2 Å². The van der Waals surface area contributed by atoms with Gasteiger partial charge in [0.25, 0.3) is 5.91 Å². The Kier molecular flexibility index (Phi) is 5.46. The number of carbonyl (C=O) groups excluding carboxylic acids is 1. The second-order valence-electron chi connectivity index (χ2n) is 7.44. The van der Waals surface area contributed by atoms with Crippen molar-refractivity contribution in [3.63, 3.8) is 0 Å². The van der Waals surface area contributed by atoms with Gasteiger partial charge < -0.3 is 19.6 Å². The molecule has 0 spiro atoms. The van der Waals surface area contributed by atoms with Crippen molar-refractivity contribution in [2.24, 2.45) is 7.05 Å². The molecule has 0 aliphatic heterocycles. The Hall–Kier alpha value is -4.60. The van der Waals surface area contributed by atoms with Crippen LogP contribution in [0.1, 0.15) is 21.7 Å². The van der Waals surface area contributed by atoms with Crippen LogP contribution in [-0.2, 0) is 20.1 Å². The van der Waals surface area contributed by atoms with Crippen molar-refractivity contribution in [3.8, 4) is 11.5 Å². The molecular weight excluding hydrogens is 418 g/mol. The Labute approximate surface area is 189 Å². The fourth-order valence-corrected chi connectivity index (χ4v) is 3.47. The second-order valence-corrected chi connectivity index (χ2v) is 7.44. The van der Waals surface area contributed by atoms with Crippen LogP contribution in [0.15, 0.2) is 73.6 Å². The third-order valence-electron chi connectivity index (χ3n) is 5.25. The third kappa shape index (κ3) is 4.40. The monoisotopic (exact) mass is 439 g/mol. The van der Waals surface area contributed by atoms with Crippen molar-refractivity contribution in [1.29, 1.82) is 0 Å². The lowest BCUT2D eigenvalue weighted by Gasteiger charge is -2.10. The number of nitrogens with one attached hydrogen (secondary N) is 2. The van der Waals surface area contributed by atoms with Crippen LogP contribution in [-0.4, -0.2) is 40.0 Å². The summed E-state index contributed by atoms with van der Waals surface area (Å²) in [5, 5.41) is 14.7. The van der Waals surface area contributed by atoms with E-state index in [1.54, 1.807) is 24.5 Å². The molecule has 0 bridgehead atoms. The lowest BCUT2D eigenvalue weighted by molar-refractivity contribution is 0.0951. The predicted molar refractivity (Wildman–Crippen MR) is 122 cm³/mol. The van der Waals surface area contributed by atoms with Gasteiger partial charge in [0.2, 0.25) is 0 Å². The van der Waals surface area contributed by atoms with Gasteiger partial charge >= 0.3 is 0 Å². The van der Waals surface area contributed by atoms with Crippen molar-refractivity contribution < 1.29 is 4.79 Å². The van der Waals surface area contributed by atoms with Crippen molar-refractivity contribution in [1.82, 2.24) is 39.4 Å². The number of aromatic nitrogens is 7. The molecule has 0 saturated carbocycles. The van der Waals surface area contributed by atoms with Crippen LogP contribution >= 0.6 is 0 Å². The maximum atomic E-state index is 12.7. The summed E-state index contributed by atoms with van der Waals surface area (Å²) in [7, 11) is 1.89. The van der Waals surface area contributed by atoms with E-state index in [0.717, 1.165) is 22.7 Å². The fourth-order valence-electron chi connectivity index (χ4n) is 3.47. The lowest BCUT2D eigenvalue weighted by atomic mass is 10.2. The van der Waals surface area contributed by atoms with Gasteiger partial charge in [0.05, 0.1) is 6.54 Å². The maximum absolute atomic E-state index is 12.7. The van der Waals surface area contributed by atoms with E-state index in [2.05, 4.69) is 35.8 Å². The Balaban J connectivity index is 1.22. The maximum Gasteiger partial charge on any atom is 0.251 e. The van der Waals surface area contributed by atoms with Crippen molar-refractivity contribution in [2.75, 3.05) is 5.32 Å². The minimum atomic E-state index is -0.144. The topological polar surface area (TPSA) is 115 Å². The van der Waals surface area contributed by atoms with Gasteiger partial charge in [-0.2, -0.15) is 0 Å². The van der Waals surface area contributed by atoms with E-state index in [-0.39, 0.29) is 5.91 Å². The van der Waals surface area contributed by atoms with Crippen molar-refractivity contribution in [2.45, 2.75) is 13.1 Å². The van der Waals surface area contributed by atoms with E-state index in [9.17, 15) is 4.79 Å². The molecule has 4 heterocycles. The number of fused-ring (bicyclic) bond motifs is 1. The summed E-state index contributed by atoms with van der Waals surface area (Å²) in [6.07, 6.45) is 8.73. The molecule has 5 rings (SSSR count). The van der Waals surface area contributed by atoms with E-state index in [0.29, 0.717) is 30.2 Å². The summed E-state index contributed by atoms with van der Waals surface area (Å²) >= 11 is 0. The molecule has 0 radical (unpaired) electrons. The van der Waals surface area contributed by atoms with Gasteiger partial charge in [-0.1, -0.05) is 12.1 Å². The van der Waals surface area contributed by atoms with E-state index < -0.39 is 0 Å². The standard InChI is InChI=1S/C23H21N9O/c1-31-21(29-30-22(31)19-7-8-24-15-28-19)13-26-18-4-2-3-17(11-18)23(33)27-12-16-5-6-20-25-9-10-32(20)14-16/h2-11,14-15,26H,12-13H2,1H3,(H,27,33). The van der Waals surface area contributed by atoms with Gasteiger partial charge in [-0.05, 0) is 35.9 Å². The Bertz CT molecular complexity index is 1410. The van der Waals surface area contributed by atoms with Crippen molar-refractivity contribution >= 4 is 17.2 Å². The zero-order chi connectivity index (χ0) is 22.6. The molecule has 164 valence electrons. The number of amides is 1. The van der Waals surface area contributed by atoms with Crippen LogP contribution in [0.25, 0.3) is 17.2 Å². The van der Waals surface area contributed by atoms with Gasteiger partial charge in [0.15, 0.2) is 11.6 Å². The minimum absolute atomic E-state index is 0.144. The lowest BCUT2D eigenvalue weighted by Crippen LogP contribution is -2.23. The molecule has 2 N–H and O–H groups in total. The summed E-state index contributed by atoms with van der Waals surface area (Å²) in [4.78, 5) is 25.1. The zero-order valence-electron chi connectivity index (χ0n) is 17.9. The first-order valence-corrected chi connectivity index (χ1v) is 10.4. The number of imidazole rings is 1. The first-order chi connectivity index (χ1) is 16.2. The number of pyridine rings is 1. The number of anilines is 1. The summed E-state index contributed by atoms with van der Waals surface area (Å²) in [5.74, 6) is 1.26. The number of nitrogens with zero attached hydrogens (tertiary/aromatic N) is 7. The predicted octanol–water partition coefficient (Wildman–Crippen LogP) is 2.46. The smallest absolute Gasteiger partial charge is 0.251 e. The molecule has 5 aromatic rings. The van der Waals surface area contributed by atoms with Crippen LogP contribution in [0.5, 0.6) is 0 Å². The third-order valence-corrected chi connectivity index (χ3v) is 5.25. The molecule has 0 saturated heterocycles. The second kappa shape index (κ2) is 8.87. The quantitative estimate of drug-likeness (QED) is 0.400. The molecule has 10 nitrogen and oxygen atoms in total. The number of carbonyl (C=O) groups is 1. The highest BCUT2D eigenvalue weighted by atomic mass is 16.1. The van der Waals surface area contributed by atoms with Crippen molar-refractivity contribution in [3.05, 3.63) is 90.5 Å². The molecule has 0 aliphatic rings. The number of hydrogen-bond donors (Lipinski definition) is 2. The minimum Gasteiger partial charge on any atom is -0.378 e. The van der Waals surface area contributed by atoms with E-state index in [1.165, 1.54) is 6.33 Å². The number of benzene rings is 1. The molecule has 0 unspecified atom stereocenters. The highest BCUT2D eigenvalue weighted by Crippen LogP contribution is 2.16. The van der Waals surface area contributed by atoms with Gasteiger partial charge in [-0.25, -0.2) is 15.0 Å². The molecule has 0 atom stereocenters. The van der Waals surface area contributed by atoms with E-state index in [4.69, 9.17) is 0 Å². The summed E-state index contributed by atoms with van der Waals surface area (Å²) in [5.41, 5.74) is 3.95. The summed E-state index contributed by atoms with van der Waals surface area (Å²) in [6.45, 7) is 0.875. The molecular formula is C23H21N9O. The Morgan fingerprint density at radius 1 is 1.03 bits per heavy atom. The average molecular weight is 439 g/mol. The van der Waals surface area contributed by atoms with Crippen LogP contribution < -0.4 is 10.6 Å². The molecule has 1 amide bonds. The van der Waals surface area contributed by atoms with Gasteiger partial charge in [-0.3, -0.25) is 4.79 Å². The fraction of sp³-hybridized carbons (Fsp3) is 0.130. The normalized spacial score (nSPS) is 10.9. The summed E-state index contributed by atoms with van der Waals surface area (Å²) in [6, 6.07) is 13.0. The Morgan fingerprint density at radius 2 is 1.97 bits per heavy atom. The van der Waals surface area contributed by atoms with Crippen LogP contribution in [0.3, 0.4) is 0 Å². The molecule has 1 aromatic carbocycles. The van der Waals surface area contributed by atoms with Crippen LogP contribution in [0.4, 0.5) is 5.69 Å². The zero-order valence-corrected chi connectivity index (χ0v) is 17.9. The van der Waals surface area contributed by atoms with Crippen LogP contribution in [0, 0.1) is 0 Å². The highest BCUT2D eigenvalue weighted by molar-refractivity contribution is 5.95. The molecule has 33 heavy (non-hydrogen) atoms. The summed E-state index contributed by atoms with van der Waals surface area (Å²) < 4.78 is 3.80. The van der Waals surface area contributed by atoms with E-state index in [1.807, 2.05) is 58.7 Å². The van der Waals surface area contributed by atoms with Gasteiger partial charge in [0, 0.05) is 49.6 Å². The van der Waals surface area contributed by atoms with E-state index >= 15 is 0 Å². The largest absolute Gasteiger partial charge is 0.378 e. The number of hydrogen-bond acceptors (Lipinski definition) is 7.